The second-order valence-corrected chi connectivity index (χ2v) is 10.2. The van der Waals surface area contributed by atoms with Gasteiger partial charge in [-0.25, -0.2) is 4.39 Å². The van der Waals surface area contributed by atoms with Crippen molar-refractivity contribution in [1.29, 1.82) is 0 Å². The number of anilines is 3. The van der Waals surface area contributed by atoms with E-state index in [2.05, 4.69) is 15.1 Å². The molecular weight excluding hydrogens is 546 g/mol. The van der Waals surface area contributed by atoms with Crippen LogP contribution in [-0.2, 0) is 11.2 Å². The lowest BCUT2D eigenvalue weighted by atomic mass is 10.1. The maximum atomic E-state index is 13.8. The minimum Gasteiger partial charge on any atom is -0.489 e. The van der Waals surface area contributed by atoms with Crippen LogP contribution in [0.5, 0.6) is 5.75 Å². The van der Waals surface area contributed by atoms with Crippen molar-refractivity contribution in [3.8, 4) is 5.75 Å². The predicted octanol–water partition coefficient (Wildman–Crippen LogP) is 4.34. The average molecular weight is 573 g/mol. The molecule has 3 aromatic rings. The molecule has 2 fully saturated rings. The fourth-order valence-electron chi connectivity index (χ4n) is 4.59. The van der Waals surface area contributed by atoms with Crippen LogP contribution in [0.4, 0.5) is 21.7 Å². The normalized spacial score (nSPS) is 15.7. The van der Waals surface area contributed by atoms with Crippen molar-refractivity contribution in [2.45, 2.75) is 25.3 Å². The summed E-state index contributed by atoms with van der Waals surface area (Å²) >= 11 is 12.2. The number of rotatable bonds is 9. The van der Waals surface area contributed by atoms with E-state index < -0.39 is 5.82 Å². The Balaban J connectivity index is 1.24. The fraction of sp³-hybridized carbons (Fsp3) is 0.333. The van der Waals surface area contributed by atoms with E-state index in [0.717, 1.165) is 13.1 Å². The zero-order valence-electron chi connectivity index (χ0n) is 21.0. The Hall–Kier alpha value is -3.47. The number of halogens is 3. The first-order valence-electron chi connectivity index (χ1n) is 12.6. The lowest BCUT2D eigenvalue weighted by Gasteiger charge is -2.34. The van der Waals surface area contributed by atoms with E-state index >= 15 is 0 Å². The molecule has 204 valence electrons. The zero-order valence-corrected chi connectivity index (χ0v) is 22.5. The highest BCUT2D eigenvalue weighted by Gasteiger charge is 2.32. The van der Waals surface area contributed by atoms with Gasteiger partial charge in [0.05, 0.1) is 17.3 Å². The van der Waals surface area contributed by atoms with Crippen LogP contribution in [0.1, 0.15) is 28.8 Å². The molecule has 12 heteroatoms. The Bertz CT molecular complexity index is 1360. The molecule has 9 nitrogen and oxygen atoms in total. The summed E-state index contributed by atoms with van der Waals surface area (Å²) < 4.78 is 19.5. The average Bonchev–Trinajstić information content (AvgIpc) is 3.80. The molecule has 1 aliphatic carbocycles. The summed E-state index contributed by atoms with van der Waals surface area (Å²) in [6, 6.07) is 11.5. The van der Waals surface area contributed by atoms with Gasteiger partial charge in [0.2, 0.25) is 6.41 Å². The van der Waals surface area contributed by atoms with Crippen LogP contribution in [0.15, 0.2) is 42.5 Å². The number of hydrogen-bond acceptors (Lipinski definition) is 7. The molecule has 2 heterocycles. The first-order valence-corrected chi connectivity index (χ1v) is 13.4. The third kappa shape index (κ3) is 6.08. The number of amides is 2. The van der Waals surface area contributed by atoms with Gasteiger partial charge in [0.1, 0.15) is 5.82 Å². The quantitative estimate of drug-likeness (QED) is 0.300. The molecular formula is C27H27Cl2FN6O3. The van der Waals surface area contributed by atoms with Gasteiger partial charge in [-0.15, -0.1) is 10.2 Å². The standard InChI is InChI=1S/C27H27Cl2FN6O3/c28-21-7-8-22(30)25(29)20(21)9-14-39-23-15-24(32-33-26(23)31)36(16-37)19-3-1-17(2-4-19)27(38)35-12-10-34(11-13-35)18-5-6-18/h1-4,7-8,15-16,18H,5-6,9-14H2,(H2,31,33). The monoisotopic (exact) mass is 572 g/mol. The highest BCUT2D eigenvalue weighted by Crippen LogP contribution is 2.31. The number of carbonyl (C=O) groups excluding carboxylic acids is 2. The van der Waals surface area contributed by atoms with Gasteiger partial charge in [-0.1, -0.05) is 23.2 Å². The number of aromatic nitrogens is 2. The minimum atomic E-state index is -0.575. The summed E-state index contributed by atoms with van der Waals surface area (Å²) in [6.07, 6.45) is 3.32. The van der Waals surface area contributed by atoms with Gasteiger partial charge in [-0.3, -0.25) is 19.4 Å². The number of ether oxygens (including phenoxy) is 1. The van der Waals surface area contributed by atoms with E-state index in [-0.39, 0.29) is 41.3 Å². The number of nitrogens with zero attached hydrogens (tertiary/aromatic N) is 5. The van der Waals surface area contributed by atoms with Gasteiger partial charge in [0.15, 0.2) is 17.4 Å². The van der Waals surface area contributed by atoms with Crippen molar-refractivity contribution in [3.05, 3.63) is 69.5 Å². The second kappa shape index (κ2) is 11.7. The van der Waals surface area contributed by atoms with Crippen LogP contribution < -0.4 is 15.4 Å². The van der Waals surface area contributed by atoms with E-state index in [4.69, 9.17) is 33.7 Å². The van der Waals surface area contributed by atoms with E-state index in [1.807, 2.05) is 4.90 Å². The van der Waals surface area contributed by atoms with Gasteiger partial charge in [-0.2, -0.15) is 0 Å². The molecule has 2 aromatic carbocycles. The Morgan fingerprint density at radius 1 is 1.10 bits per heavy atom. The topological polar surface area (TPSA) is 105 Å². The fourth-order valence-corrected chi connectivity index (χ4v) is 5.15. The molecule has 1 aliphatic heterocycles. The summed E-state index contributed by atoms with van der Waals surface area (Å²) in [5, 5.41) is 8.17. The van der Waals surface area contributed by atoms with Gasteiger partial charge in [-0.05, 0) is 54.8 Å². The molecule has 39 heavy (non-hydrogen) atoms. The molecule has 0 unspecified atom stereocenters. The lowest BCUT2D eigenvalue weighted by Crippen LogP contribution is -2.49. The molecule has 1 saturated carbocycles. The van der Waals surface area contributed by atoms with Crippen molar-refractivity contribution < 1.29 is 18.7 Å². The maximum absolute atomic E-state index is 13.8. The number of carbonyl (C=O) groups is 2. The molecule has 0 radical (unpaired) electrons. The highest BCUT2D eigenvalue weighted by molar-refractivity contribution is 6.36. The van der Waals surface area contributed by atoms with Gasteiger partial charge in [0.25, 0.3) is 5.91 Å². The Kier molecular flexibility index (Phi) is 8.15. The number of nitrogens with two attached hydrogens (primary N) is 1. The Labute approximate surface area is 235 Å². The number of benzene rings is 2. The molecule has 2 N–H and O–H groups in total. The summed E-state index contributed by atoms with van der Waals surface area (Å²) in [7, 11) is 0. The minimum absolute atomic E-state index is 0.0174. The SMILES string of the molecule is Nc1nnc(N(C=O)c2ccc(C(=O)N3CCN(C4CC4)CC3)cc2)cc1OCCc1c(Cl)ccc(F)c1Cl. The molecule has 1 aromatic heterocycles. The van der Waals surface area contributed by atoms with Crippen molar-refractivity contribution >= 4 is 52.8 Å². The first kappa shape index (κ1) is 27.1. The van der Waals surface area contributed by atoms with Crippen LogP contribution in [0, 0.1) is 5.82 Å². The van der Waals surface area contributed by atoms with Crippen LogP contribution in [-0.4, -0.2) is 71.1 Å². The number of nitrogen functional groups attached to an aromatic ring is 1. The highest BCUT2D eigenvalue weighted by atomic mass is 35.5. The first-order chi connectivity index (χ1) is 18.9. The third-order valence-electron chi connectivity index (χ3n) is 6.93. The maximum Gasteiger partial charge on any atom is 0.253 e. The zero-order chi connectivity index (χ0) is 27.5. The van der Waals surface area contributed by atoms with Gasteiger partial charge in [0, 0.05) is 55.3 Å². The van der Waals surface area contributed by atoms with Crippen LogP contribution in [0.2, 0.25) is 10.0 Å². The smallest absolute Gasteiger partial charge is 0.253 e. The van der Waals surface area contributed by atoms with Crippen LogP contribution >= 0.6 is 23.2 Å². The third-order valence-corrected chi connectivity index (χ3v) is 7.69. The lowest BCUT2D eigenvalue weighted by molar-refractivity contribution is -0.106. The van der Waals surface area contributed by atoms with E-state index in [0.29, 0.717) is 47.4 Å². The van der Waals surface area contributed by atoms with Crippen molar-refractivity contribution in [1.82, 2.24) is 20.0 Å². The summed E-state index contributed by atoms with van der Waals surface area (Å²) in [5.74, 6) is -0.229. The predicted molar refractivity (Wildman–Crippen MR) is 147 cm³/mol. The van der Waals surface area contributed by atoms with Gasteiger partial charge >= 0.3 is 0 Å². The van der Waals surface area contributed by atoms with Crippen molar-refractivity contribution in [2.24, 2.45) is 0 Å². The van der Waals surface area contributed by atoms with E-state index in [1.54, 1.807) is 24.3 Å². The molecule has 0 bridgehead atoms. The van der Waals surface area contributed by atoms with Crippen molar-refractivity contribution in [2.75, 3.05) is 43.4 Å². The van der Waals surface area contributed by atoms with E-state index in [9.17, 15) is 14.0 Å². The second-order valence-electron chi connectivity index (χ2n) is 9.45. The van der Waals surface area contributed by atoms with Crippen LogP contribution in [0.3, 0.4) is 0 Å². The molecule has 1 saturated heterocycles. The summed E-state index contributed by atoms with van der Waals surface area (Å²) in [6.45, 7) is 3.29. The van der Waals surface area contributed by atoms with Crippen molar-refractivity contribution in [3.63, 3.8) is 0 Å². The molecule has 5 rings (SSSR count). The van der Waals surface area contributed by atoms with E-state index in [1.165, 1.54) is 35.9 Å². The molecule has 2 amide bonds. The summed E-state index contributed by atoms with van der Waals surface area (Å²) in [5.41, 5.74) is 7.37. The molecule has 2 aliphatic rings. The Morgan fingerprint density at radius 3 is 2.49 bits per heavy atom. The number of hydrogen-bond donors (Lipinski definition) is 1. The van der Waals surface area contributed by atoms with Gasteiger partial charge < -0.3 is 15.4 Å². The van der Waals surface area contributed by atoms with Crippen LogP contribution in [0.25, 0.3) is 0 Å². The number of piperazine rings is 1. The largest absolute Gasteiger partial charge is 0.489 e. The molecule has 0 atom stereocenters. The Morgan fingerprint density at radius 2 is 1.82 bits per heavy atom. The molecule has 0 spiro atoms. The summed E-state index contributed by atoms with van der Waals surface area (Å²) in [4.78, 5) is 30.6.